The van der Waals surface area contributed by atoms with Gasteiger partial charge in [-0.2, -0.15) is 0 Å². The first-order valence-corrected chi connectivity index (χ1v) is 8.02. The fourth-order valence-corrected chi connectivity index (χ4v) is 3.57. The summed E-state index contributed by atoms with van der Waals surface area (Å²) in [7, 11) is 0. The van der Waals surface area contributed by atoms with Crippen LogP contribution in [0.2, 0.25) is 0 Å². The first kappa shape index (κ1) is 14.2. The number of fused-ring (bicyclic) bond motifs is 1. The zero-order valence-electron chi connectivity index (χ0n) is 11.8. The molecule has 0 amide bonds. The standard InChI is InChI=1S/C15H15N3OS2/c1-3-10-8-16-13(21-10)9(2)18-14(19)11-6-4-5-7-12(11)17-15(18)20/h4-9H,3H2,1-2H3,(H,17,20). The number of H-pyrrole nitrogens is 1. The third kappa shape index (κ3) is 2.45. The predicted molar refractivity (Wildman–Crippen MR) is 88.7 cm³/mol. The first-order valence-electron chi connectivity index (χ1n) is 6.80. The van der Waals surface area contributed by atoms with Crippen LogP contribution in [0.1, 0.15) is 29.8 Å². The number of benzene rings is 1. The molecule has 2 heterocycles. The Bertz CT molecular complexity index is 907. The molecule has 21 heavy (non-hydrogen) atoms. The van der Waals surface area contributed by atoms with Crippen molar-refractivity contribution in [3.05, 3.63) is 55.5 Å². The van der Waals surface area contributed by atoms with E-state index in [2.05, 4.69) is 16.9 Å². The summed E-state index contributed by atoms with van der Waals surface area (Å²) in [6.07, 6.45) is 2.82. The molecule has 6 heteroatoms. The molecule has 3 rings (SSSR count). The Hall–Kier alpha value is -1.79. The quantitative estimate of drug-likeness (QED) is 0.750. The molecule has 4 nitrogen and oxygen atoms in total. The number of aromatic amines is 1. The van der Waals surface area contributed by atoms with Gasteiger partial charge in [-0.25, -0.2) is 4.98 Å². The minimum absolute atomic E-state index is 0.0740. The number of para-hydroxylation sites is 1. The number of aryl methyl sites for hydroxylation is 1. The van der Waals surface area contributed by atoms with Gasteiger partial charge in [-0.15, -0.1) is 11.3 Å². The highest BCUT2D eigenvalue weighted by molar-refractivity contribution is 7.71. The van der Waals surface area contributed by atoms with Gasteiger partial charge in [0, 0.05) is 11.1 Å². The van der Waals surface area contributed by atoms with Crippen LogP contribution in [0.15, 0.2) is 35.3 Å². The van der Waals surface area contributed by atoms with E-state index in [1.165, 1.54) is 4.88 Å². The van der Waals surface area contributed by atoms with Crippen LogP contribution in [-0.4, -0.2) is 14.5 Å². The number of rotatable bonds is 3. The van der Waals surface area contributed by atoms with Crippen LogP contribution in [0.25, 0.3) is 10.9 Å². The molecule has 0 saturated heterocycles. The first-order chi connectivity index (χ1) is 10.1. The third-order valence-electron chi connectivity index (χ3n) is 3.50. The summed E-state index contributed by atoms with van der Waals surface area (Å²) >= 11 is 6.99. The lowest BCUT2D eigenvalue weighted by Crippen LogP contribution is -2.25. The van der Waals surface area contributed by atoms with Crippen LogP contribution in [0.3, 0.4) is 0 Å². The summed E-state index contributed by atoms with van der Waals surface area (Å²) in [5, 5.41) is 1.55. The molecule has 1 unspecified atom stereocenters. The minimum Gasteiger partial charge on any atom is -0.332 e. The number of nitrogens with one attached hydrogen (secondary N) is 1. The highest BCUT2D eigenvalue weighted by atomic mass is 32.1. The number of thiazole rings is 1. The second-order valence-corrected chi connectivity index (χ2v) is 6.38. The van der Waals surface area contributed by atoms with Crippen molar-refractivity contribution in [1.82, 2.24) is 14.5 Å². The van der Waals surface area contributed by atoms with Gasteiger partial charge in [0.05, 0.1) is 16.9 Å². The van der Waals surface area contributed by atoms with E-state index in [1.807, 2.05) is 37.4 Å². The molecule has 0 radical (unpaired) electrons. The second-order valence-electron chi connectivity index (χ2n) is 4.85. The van der Waals surface area contributed by atoms with Gasteiger partial charge in [0.25, 0.3) is 5.56 Å². The molecule has 0 aliphatic rings. The molecule has 0 fully saturated rings. The Kier molecular flexibility index (Phi) is 3.73. The maximum Gasteiger partial charge on any atom is 0.262 e. The van der Waals surface area contributed by atoms with Crippen LogP contribution >= 0.6 is 23.6 Å². The van der Waals surface area contributed by atoms with Crippen molar-refractivity contribution < 1.29 is 0 Å². The second kappa shape index (κ2) is 5.54. The Balaban J connectivity index is 2.20. The third-order valence-corrected chi connectivity index (χ3v) is 5.11. The number of nitrogens with zero attached hydrogens (tertiary/aromatic N) is 2. The van der Waals surface area contributed by atoms with Gasteiger partial charge in [-0.3, -0.25) is 9.36 Å². The molecule has 0 bridgehead atoms. The monoisotopic (exact) mass is 317 g/mol. The topological polar surface area (TPSA) is 50.7 Å². The van der Waals surface area contributed by atoms with E-state index in [0.29, 0.717) is 10.2 Å². The SMILES string of the molecule is CCc1cnc(C(C)n2c(=S)[nH]c3ccccc3c2=O)s1. The summed E-state index contributed by atoms with van der Waals surface area (Å²) in [6.45, 7) is 4.05. The normalized spacial score (nSPS) is 12.7. The van der Waals surface area contributed by atoms with Crippen molar-refractivity contribution in [2.24, 2.45) is 0 Å². The molecular formula is C15H15N3OS2. The van der Waals surface area contributed by atoms with Crippen LogP contribution in [0.4, 0.5) is 0 Å². The Morgan fingerprint density at radius 2 is 2.19 bits per heavy atom. The van der Waals surface area contributed by atoms with Gasteiger partial charge < -0.3 is 4.98 Å². The summed E-state index contributed by atoms with van der Waals surface area (Å²) < 4.78 is 2.04. The Morgan fingerprint density at radius 1 is 1.43 bits per heavy atom. The van der Waals surface area contributed by atoms with Gasteiger partial charge in [-0.05, 0) is 37.7 Å². The number of hydrogen-bond donors (Lipinski definition) is 1. The molecule has 3 aromatic rings. The predicted octanol–water partition coefficient (Wildman–Crippen LogP) is 3.69. The summed E-state index contributed by atoms with van der Waals surface area (Å²) in [5.74, 6) is 0. The largest absolute Gasteiger partial charge is 0.332 e. The lowest BCUT2D eigenvalue weighted by molar-refractivity contribution is 0.596. The fourth-order valence-electron chi connectivity index (χ4n) is 2.32. The van der Waals surface area contributed by atoms with Crippen molar-refractivity contribution in [2.75, 3.05) is 0 Å². The molecule has 0 aliphatic heterocycles. The van der Waals surface area contributed by atoms with Gasteiger partial charge in [0.2, 0.25) is 0 Å². The molecule has 1 N–H and O–H groups in total. The Morgan fingerprint density at radius 3 is 2.90 bits per heavy atom. The summed E-state index contributed by atoms with van der Waals surface area (Å²) in [6, 6.07) is 7.24. The van der Waals surface area contributed by atoms with Crippen molar-refractivity contribution in [3.8, 4) is 0 Å². The van der Waals surface area contributed by atoms with Gasteiger partial charge >= 0.3 is 0 Å². The Labute approximate surface area is 131 Å². The molecule has 0 spiro atoms. The highest BCUT2D eigenvalue weighted by Gasteiger charge is 2.16. The molecule has 1 aromatic carbocycles. The summed E-state index contributed by atoms with van der Waals surface area (Å²) in [5.41, 5.74) is 0.694. The van der Waals surface area contributed by atoms with Crippen LogP contribution in [-0.2, 0) is 6.42 Å². The van der Waals surface area contributed by atoms with Crippen LogP contribution in [0, 0.1) is 4.77 Å². The van der Waals surface area contributed by atoms with Gasteiger partial charge in [0.15, 0.2) is 4.77 Å². The van der Waals surface area contributed by atoms with Crippen molar-refractivity contribution in [2.45, 2.75) is 26.3 Å². The van der Waals surface area contributed by atoms with E-state index in [0.717, 1.165) is 16.9 Å². The summed E-state index contributed by atoms with van der Waals surface area (Å²) in [4.78, 5) is 21.5. The van der Waals surface area contributed by atoms with Crippen LogP contribution in [0.5, 0.6) is 0 Å². The lowest BCUT2D eigenvalue weighted by Gasteiger charge is -2.13. The number of hydrogen-bond acceptors (Lipinski definition) is 4. The molecule has 0 aliphatic carbocycles. The molecule has 0 saturated carbocycles. The van der Waals surface area contributed by atoms with Crippen molar-refractivity contribution in [3.63, 3.8) is 0 Å². The van der Waals surface area contributed by atoms with Crippen molar-refractivity contribution >= 4 is 34.5 Å². The highest BCUT2D eigenvalue weighted by Crippen LogP contribution is 2.23. The van der Waals surface area contributed by atoms with Gasteiger partial charge in [-0.1, -0.05) is 19.1 Å². The average molecular weight is 317 g/mol. The van der Waals surface area contributed by atoms with E-state index in [-0.39, 0.29) is 11.6 Å². The average Bonchev–Trinajstić information content (AvgIpc) is 2.96. The van der Waals surface area contributed by atoms with Crippen molar-refractivity contribution in [1.29, 1.82) is 0 Å². The zero-order chi connectivity index (χ0) is 15.0. The minimum atomic E-state index is -0.170. The van der Waals surface area contributed by atoms with E-state index < -0.39 is 0 Å². The fraction of sp³-hybridized carbons (Fsp3) is 0.267. The van der Waals surface area contributed by atoms with E-state index in [9.17, 15) is 4.79 Å². The number of aromatic nitrogens is 3. The zero-order valence-corrected chi connectivity index (χ0v) is 13.4. The maximum atomic E-state index is 12.7. The van der Waals surface area contributed by atoms with E-state index in [4.69, 9.17) is 12.2 Å². The van der Waals surface area contributed by atoms with E-state index >= 15 is 0 Å². The van der Waals surface area contributed by atoms with Gasteiger partial charge in [0.1, 0.15) is 5.01 Å². The molecule has 2 aromatic heterocycles. The van der Waals surface area contributed by atoms with Crippen LogP contribution < -0.4 is 5.56 Å². The van der Waals surface area contributed by atoms with E-state index in [1.54, 1.807) is 15.9 Å². The molecule has 108 valence electrons. The maximum absolute atomic E-state index is 12.7. The molecule has 1 atom stereocenters. The molecular weight excluding hydrogens is 302 g/mol. The lowest BCUT2D eigenvalue weighted by atomic mass is 10.2. The smallest absolute Gasteiger partial charge is 0.262 e.